The van der Waals surface area contributed by atoms with Crippen molar-refractivity contribution >= 4 is 16.6 Å². The monoisotopic (exact) mass is 292 g/mol. The summed E-state index contributed by atoms with van der Waals surface area (Å²) in [4.78, 5) is 2.37. The van der Waals surface area contributed by atoms with Crippen molar-refractivity contribution in [2.24, 2.45) is 7.05 Å². The molecule has 3 nitrogen and oxygen atoms in total. The smallest absolute Gasteiger partial charge is 0.0709 e. The van der Waals surface area contributed by atoms with Gasteiger partial charge in [-0.1, -0.05) is 30.3 Å². The fourth-order valence-corrected chi connectivity index (χ4v) is 3.41. The Kier molecular flexibility index (Phi) is 2.98. The van der Waals surface area contributed by atoms with Crippen LogP contribution in [0, 0.1) is 0 Å². The Balaban J connectivity index is 1.95. The number of rotatable bonds is 3. The molecule has 0 radical (unpaired) electrons. The molecule has 0 amide bonds. The van der Waals surface area contributed by atoms with Crippen LogP contribution < -0.4 is 4.90 Å². The van der Waals surface area contributed by atoms with Crippen molar-refractivity contribution in [3.8, 4) is 11.3 Å². The number of fused-ring (bicyclic) bond motifs is 1. The molecule has 1 aliphatic heterocycles. The lowest BCUT2D eigenvalue weighted by Gasteiger charge is -2.06. The second kappa shape index (κ2) is 4.89. The van der Waals surface area contributed by atoms with Crippen molar-refractivity contribution in [1.29, 1.82) is 0 Å². The first-order valence-corrected chi connectivity index (χ1v) is 7.75. The van der Waals surface area contributed by atoms with Crippen molar-refractivity contribution < 1.29 is 5.11 Å². The first kappa shape index (κ1) is 13.4. The first-order valence-electron chi connectivity index (χ1n) is 7.75. The van der Waals surface area contributed by atoms with Crippen molar-refractivity contribution in [2.75, 3.05) is 11.4 Å². The minimum absolute atomic E-state index is 0.0561. The summed E-state index contributed by atoms with van der Waals surface area (Å²) < 4.78 is 2.19. The van der Waals surface area contributed by atoms with E-state index in [0.717, 1.165) is 28.8 Å². The number of benzene rings is 2. The van der Waals surface area contributed by atoms with E-state index in [9.17, 15) is 5.11 Å². The standard InChI is InChI=1S/C19H20N2O/c1-13-11-21(13)15-8-9-18-16(10-15)17(12-22)19(20(18)2)14-6-4-3-5-7-14/h3-10,13,22H,11-12H2,1-2H3. The Morgan fingerprint density at radius 2 is 1.86 bits per heavy atom. The van der Waals surface area contributed by atoms with Crippen molar-refractivity contribution in [2.45, 2.75) is 19.6 Å². The van der Waals surface area contributed by atoms with E-state index in [4.69, 9.17) is 0 Å². The molecule has 22 heavy (non-hydrogen) atoms. The largest absolute Gasteiger partial charge is 0.392 e. The zero-order valence-corrected chi connectivity index (χ0v) is 13.0. The maximum absolute atomic E-state index is 9.96. The van der Waals surface area contributed by atoms with Gasteiger partial charge in [0.25, 0.3) is 0 Å². The number of hydrogen-bond donors (Lipinski definition) is 1. The summed E-state index contributed by atoms with van der Waals surface area (Å²) >= 11 is 0. The Labute approximate surface area is 130 Å². The van der Waals surface area contributed by atoms with E-state index < -0.39 is 0 Å². The molecule has 112 valence electrons. The number of hydrogen-bond acceptors (Lipinski definition) is 2. The Morgan fingerprint density at radius 1 is 1.14 bits per heavy atom. The number of nitrogens with zero attached hydrogens (tertiary/aromatic N) is 2. The molecule has 1 aromatic heterocycles. The summed E-state index contributed by atoms with van der Waals surface area (Å²) in [5, 5.41) is 11.1. The van der Waals surface area contributed by atoms with Crippen LogP contribution in [-0.4, -0.2) is 22.3 Å². The average molecular weight is 292 g/mol. The zero-order chi connectivity index (χ0) is 15.3. The first-order chi connectivity index (χ1) is 10.7. The van der Waals surface area contributed by atoms with Gasteiger partial charge in [0.2, 0.25) is 0 Å². The Bertz CT molecular complexity index is 836. The van der Waals surface area contributed by atoms with Gasteiger partial charge in [0.05, 0.1) is 12.3 Å². The van der Waals surface area contributed by atoms with Gasteiger partial charge in [-0.3, -0.25) is 0 Å². The number of anilines is 1. The van der Waals surface area contributed by atoms with E-state index in [1.165, 1.54) is 11.2 Å². The highest BCUT2D eigenvalue weighted by atomic mass is 16.3. The van der Waals surface area contributed by atoms with Gasteiger partial charge in [-0.2, -0.15) is 0 Å². The molecule has 3 heteroatoms. The van der Waals surface area contributed by atoms with Gasteiger partial charge in [-0.05, 0) is 30.7 Å². The minimum Gasteiger partial charge on any atom is -0.392 e. The van der Waals surface area contributed by atoms with Crippen LogP contribution in [-0.2, 0) is 13.7 Å². The van der Waals surface area contributed by atoms with E-state index in [1.54, 1.807) is 0 Å². The molecule has 3 aromatic rings. The molecule has 0 bridgehead atoms. The number of aliphatic hydroxyl groups excluding tert-OH is 1. The van der Waals surface area contributed by atoms with E-state index in [-0.39, 0.29) is 6.61 Å². The molecule has 1 saturated heterocycles. The van der Waals surface area contributed by atoms with Gasteiger partial charge < -0.3 is 14.6 Å². The van der Waals surface area contributed by atoms with Gasteiger partial charge in [-0.15, -0.1) is 0 Å². The van der Waals surface area contributed by atoms with Crippen LogP contribution >= 0.6 is 0 Å². The molecule has 0 aliphatic carbocycles. The molecule has 1 N–H and O–H groups in total. The topological polar surface area (TPSA) is 28.2 Å². The predicted octanol–water partition coefficient (Wildman–Crippen LogP) is 3.55. The van der Waals surface area contributed by atoms with Crippen molar-refractivity contribution in [3.63, 3.8) is 0 Å². The van der Waals surface area contributed by atoms with Gasteiger partial charge in [0.1, 0.15) is 0 Å². The number of aromatic nitrogens is 1. The highest BCUT2D eigenvalue weighted by Crippen LogP contribution is 2.37. The lowest BCUT2D eigenvalue weighted by atomic mass is 10.1. The molecule has 1 aliphatic rings. The fourth-order valence-electron chi connectivity index (χ4n) is 3.41. The van der Waals surface area contributed by atoms with Crippen LogP contribution in [0.2, 0.25) is 0 Å². The van der Waals surface area contributed by atoms with Gasteiger partial charge in [0, 0.05) is 41.8 Å². The summed E-state index contributed by atoms with van der Waals surface area (Å²) in [5.41, 5.74) is 5.68. The third-order valence-corrected chi connectivity index (χ3v) is 4.68. The lowest BCUT2D eigenvalue weighted by molar-refractivity contribution is 0.283. The third kappa shape index (κ3) is 1.93. The highest BCUT2D eigenvalue weighted by Gasteiger charge is 2.29. The molecule has 2 aromatic carbocycles. The highest BCUT2D eigenvalue weighted by molar-refractivity contribution is 5.94. The lowest BCUT2D eigenvalue weighted by Crippen LogP contribution is -1.95. The zero-order valence-electron chi connectivity index (χ0n) is 13.0. The minimum atomic E-state index is 0.0561. The summed E-state index contributed by atoms with van der Waals surface area (Å²) in [6.07, 6.45) is 0. The summed E-state index contributed by atoms with van der Waals surface area (Å²) in [5.74, 6) is 0. The number of aryl methyl sites for hydroxylation is 1. The molecule has 0 saturated carbocycles. The van der Waals surface area contributed by atoms with Crippen molar-refractivity contribution in [1.82, 2.24) is 4.57 Å². The second-order valence-electron chi connectivity index (χ2n) is 6.11. The molecular weight excluding hydrogens is 272 g/mol. The second-order valence-corrected chi connectivity index (χ2v) is 6.11. The summed E-state index contributed by atoms with van der Waals surface area (Å²) in [6, 6.07) is 17.5. The van der Waals surface area contributed by atoms with E-state index in [2.05, 4.69) is 53.8 Å². The third-order valence-electron chi connectivity index (χ3n) is 4.68. The predicted molar refractivity (Wildman–Crippen MR) is 91.1 cm³/mol. The van der Waals surface area contributed by atoms with Gasteiger partial charge in [0.15, 0.2) is 0 Å². The van der Waals surface area contributed by atoms with Gasteiger partial charge >= 0.3 is 0 Å². The maximum Gasteiger partial charge on any atom is 0.0709 e. The molecule has 0 spiro atoms. The quantitative estimate of drug-likeness (QED) is 0.748. The number of aliphatic hydroxyl groups is 1. The Hall–Kier alpha value is -2.26. The molecule has 2 heterocycles. The molecule has 1 unspecified atom stereocenters. The van der Waals surface area contributed by atoms with Crippen LogP contribution in [0.15, 0.2) is 48.5 Å². The van der Waals surface area contributed by atoms with Crippen LogP contribution in [0.4, 0.5) is 5.69 Å². The van der Waals surface area contributed by atoms with Crippen molar-refractivity contribution in [3.05, 3.63) is 54.1 Å². The van der Waals surface area contributed by atoms with Crippen LogP contribution in [0.25, 0.3) is 22.2 Å². The van der Waals surface area contributed by atoms with E-state index in [0.29, 0.717) is 6.04 Å². The summed E-state index contributed by atoms with van der Waals surface area (Å²) in [7, 11) is 2.07. The van der Waals surface area contributed by atoms with E-state index >= 15 is 0 Å². The fraction of sp³-hybridized carbons (Fsp3) is 0.263. The van der Waals surface area contributed by atoms with Gasteiger partial charge in [-0.25, -0.2) is 0 Å². The Morgan fingerprint density at radius 3 is 2.50 bits per heavy atom. The molecule has 4 rings (SSSR count). The normalized spacial score (nSPS) is 17.2. The molecule has 1 fully saturated rings. The SMILES string of the molecule is CC1CN1c1ccc2c(c1)c(CO)c(-c1ccccc1)n2C. The van der Waals surface area contributed by atoms with Crippen LogP contribution in [0.3, 0.4) is 0 Å². The molecule has 1 atom stereocenters. The van der Waals surface area contributed by atoms with Crippen LogP contribution in [0.5, 0.6) is 0 Å². The van der Waals surface area contributed by atoms with Crippen LogP contribution in [0.1, 0.15) is 12.5 Å². The van der Waals surface area contributed by atoms with E-state index in [1.807, 2.05) is 18.2 Å². The summed E-state index contributed by atoms with van der Waals surface area (Å²) in [6.45, 7) is 3.41. The average Bonchev–Trinajstić information content (AvgIpc) is 3.21. The molecular formula is C19H20N2O. The maximum atomic E-state index is 9.96.